The third kappa shape index (κ3) is 3.84. The number of allylic oxidation sites excluding steroid dienone is 1. The van der Waals surface area contributed by atoms with Crippen molar-refractivity contribution in [2.45, 2.75) is 63.3 Å². The van der Waals surface area contributed by atoms with Crippen molar-refractivity contribution < 1.29 is 4.79 Å². The number of aliphatic imine (C=N–C) groups is 1. The van der Waals surface area contributed by atoms with Crippen LogP contribution in [0.15, 0.2) is 41.9 Å². The molecule has 26 heavy (non-hydrogen) atoms. The van der Waals surface area contributed by atoms with Crippen LogP contribution >= 0.6 is 0 Å². The maximum Gasteiger partial charge on any atom is 0.257 e. The molecule has 0 bridgehead atoms. The van der Waals surface area contributed by atoms with Crippen LogP contribution in [-0.4, -0.2) is 29.4 Å². The van der Waals surface area contributed by atoms with E-state index in [1.807, 2.05) is 6.08 Å². The van der Waals surface area contributed by atoms with Gasteiger partial charge in [-0.1, -0.05) is 62.4 Å². The molecule has 4 heteroatoms. The molecule has 1 heterocycles. The van der Waals surface area contributed by atoms with Crippen molar-refractivity contribution in [1.82, 2.24) is 4.90 Å². The number of carbonyl (C=O) groups excluding carboxylic acids is 1. The highest BCUT2D eigenvalue weighted by molar-refractivity contribution is 6.06. The summed E-state index contributed by atoms with van der Waals surface area (Å²) in [4.78, 5) is 19.3. The summed E-state index contributed by atoms with van der Waals surface area (Å²) < 4.78 is 0. The Kier molecular flexibility index (Phi) is 5.80. The molecule has 140 valence electrons. The van der Waals surface area contributed by atoms with Crippen molar-refractivity contribution >= 4 is 11.9 Å². The van der Waals surface area contributed by atoms with Gasteiger partial charge in [0.25, 0.3) is 5.91 Å². The minimum absolute atomic E-state index is 0.0711. The molecule has 2 N–H and O–H groups in total. The summed E-state index contributed by atoms with van der Waals surface area (Å²) in [7, 11) is 1.75. The number of guanidine groups is 1. The standard InChI is InChI=1S/C22H31N3O/c1-3-9-18-12-7-8-13-19(18)14-15-22(16-17-10-5-4-6-11-17)20(26)25(2)21(23)24-22/h3,7-8,12-13,17H,1,4-6,9-11,14-16H2,2H3,(H2,23,24). The van der Waals surface area contributed by atoms with Crippen molar-refractivity contribution in [3.05, 3.63) is 48.0 Å². The Morgan fingerprint density at radius 1 is 1.27 bits per heavy atom. The Balaban J connectivity index is 1.81. The van der Waals surface area contributed by atoms with Crippen molar-refractivity contribution in [3.8, 4) is 0 Å². The molecule has 1 aliphatic heterocycles. The summed E-state index contributed by atoms with van der Waals surface area (Å²) in [5, 5.41) is 0. The topological polar surface area (TPSA) is 58.7 Å². The lowest BCUT2D eigenvalue weighted by Crippen LogP contribution is -2.43. The zero-order valence-electron chi connectivity index (χ0n) is 15.9. The van der Waals surface area contributed by atoms with Gasteiger partial charge in [-0.15, -0.1) is 6.58 Å². The van der Waals surface area contributed by atoms with Crippen LogP contribution in [0.3, 0.4) is 0 Å². The van der Waals surface area contributed by atoms with Crippen molar-refractivity contribution in [3.63, 3.8) is 0 Å². The largest absolute Gasteiger partial charge is 0.369 e. The second-order valence-electron chi connectivity index (χ2n) is 7.84. The lowest BCUT2D eigenvalue weighted by atomic mass is 9.76. The Morgan fingerprint density at radius 3 is 2.58 bits per heavy atom. The highest BCUT2D eigenvalue weighted by Gasteiger charge is 2.47. The van der Waals surface area contributed by atoms with Gasteiger partial charge in [0.05, 0.1) is 0 Å². The van der Waals surface area contributed by atoms with Gasteiger partial charge in [0, 0.05) is 7.05 Å². The molecule has 1 amide bonds. The minimum Gasteiger partial charge on any atom is -0.369 e. The molecule has 4 nitrogen and oxygen atoms in total. The summed E-state index contributed by atoms with van der Waals surface area (Å²) in [5.74, 6) is 1.02. The molecule has 2 aliphatic rings. The van der Waals surface area contributed by atoms with Gasteiger partial charge in [0.15, 0.2) is 5.96 Å². The van der Waals surface area contributed by atoms with E-state index in [1.165, 1.54) is 43.2 Å². The zero-order chi connectivity index (χ0) is 18.6. The first-order valence-electron chi connectivity index (χ1n) is 9.87. The number of hydrogen-bond acceptors (Lipinski definition) is 3. The van der Waals surface area contributed by atoms with Crippen LogP contribution < -0.4 is 5.73 Å². The van der Waals surface area contributed by atoms with Crippen molar-refractivity contribution in [2.75, 3.05) is 7.05 Å². The zero-order valence-corrected chi connectivity index (χ0v) is 15.9. The molecule has 1 aliphatic carbocycles. The number of carbonyl (C=O) groups is 1. The van der Waals surface area contributed by atoms with E-state index in [0.29, 0.717) is 11.9 Å². The number of amides is 1. The second-order valence-corrected chi connectivity index (χ2v) is 7.84. The molecule has 0 saturated heterocycles. The van der Waals surface area contributed by atoms with Crippen LogP contribution in [0.1, 0.15) is 56.1 Å². The van der Waals surface area contributed by atoms with E-state index >= 15 is 0 Å². The molecule has 0 aromatic heterocycles. The summed E-state index contributed by atoms with van der Waals surface area (Å²) in [6, 6.07) is 8.43. The lowest BCUT2D eigenvalue weighted by Gasteiger charge is -2.31. The number of hydrogen-bond donors (Lipinski definition) is 1. The van der Waals surface area contributed by atoms with Gasteiger partial charge < -0.3 is 5.73 Å². The van der Waals surface area contributed by atoms with Gasteiger partial charge in [-0.25, -0.2) is 4.99 Å². The predicted octanol–water partition coefficient (Wildman–Crippen LogP) is 3.84. The maximum absolute atomic E-state index is 13.1. The molecular formula is C22H31N3O. The monoisotopic (exact) mass is 353 g/mol. The SMILES string of the molecule is C=CCc1ccccc1CCC1(CC2CCCCC2)N=C(N)N(C)C1=O. The molecule has 0 radical (unpaired) electrons. The number of nitrogens with two attached hydrogens (primary N) is 1. The van der Waals surface area contributed by atoms with E-state index in [2.05, 4.69) is 30.8 Å². The van der Waals surface area contributed by atoms with Crippen LogP contribution in [0.5, 0.6) is 0 Å². The minimum atomic E-state index is -0.678. The smallest absolute Gasteiger partial charge is 0.257 e. The van der Waals surface area contributed by atoms with Gasteiger partial charge in [-0.05, 0) is 42.7 Å². The molecule has 1 atom stereocenters. The number of aryl methyl sites for hydroxylation is 1. The van der Waals surface area contributed by atoms with Gasteiger partial charge in [-0.3, -0.25) is 9.69 Å². The fourth-order valence-corrected chi connectivity index (χ4v) is 4.52. The molecule has 1 unspecified atom stereocenters. The lowest BCUT2D eigenvalue weighted by molar-refractivity contribution is -0.131. The third-order valence-electron chi connectivity index (χ3n) is 6.02. The van der Waals surface area contributed by atoms with Crippen LogP contribution in [0.4, 0.5) is 0 Å². The molecule has 1 aromatic rings. The molecule has 0 spiro atoms. The fourth-order valence-electron chi connectivity index (χ4n) is 4.52. The normalized spacial score (nSPS) is 24.0. The fraction of sp³-hybridized carbons (Fsp3) is 0.545. The van der Waals surface area contributed by atoms with Crippen molar-refractivity contribution in [1.29, 1.82) is 0 Å². The molecule has 1 saturated carbocycles. The molecule has 1 fully saturated rings. The quantitative estimate of drug-likeness (QED) is 0.757. The van der Waals surface area contributed by atoms with Gasteiger partial charge >= 0.3 is 0 Å². The van der Waals surface area contributed by atoms with E-state index < -0.39 is 5.54 Å². The van der Waals surface area contributed by atoms with Crippen LogP contribution in [0.2, 0.25) is 0 Å². The van der Waals surface area contributed by atoms with E-state index in [1.54, 1.807) is 11.9 Å². The van der Waals surface area contributed by atoms with E-state index in [9.17, 15) is 4.79 Å². The average Bonchev–Trinajstić information content (AvgIpc) is 2.86. The Bertz CT molecular complexity index is 690. The summed E-state index contributed by atoms with van der Waals surface area (Å²) in [5.41, 5.74) is 7.93. The number of nitrogens with zero attached hydrogens (tertiary/aromatic N) is 2. The summed E-state index contributed by atoms with van der Waals surface area (Å²) in [6.45, 7) is 3.86. The van der Waals surface area contributed by atoms with Crippen LogP contribution in [-0.2, 0) is 17.6 Å². The maximum atomic E-state index is 13.1. The van der Waals surface area contributed by atoms with Gasteiger partial charge in [-0.2, -0.15) is 0 Å². The van der Waals surface area contributed by atoms with Crippen LogP contribution in [0.25, 0.3) is 0 Å². The first kappa shape index (κ1) is 18.7. The van der Waals surface area contributed by atoms with E-state index in [4.69, 9.17) is 10.7 Å². The van der Waals surface area contributed by atoms with E-state index in [-0.39, 0.29) is 5.91 Å². The molecule has 1 aromatic carbocycles. The predicted molar refractivity (Wildman–Crippen MR) is 107 cm³/mol. The number of likely N-dealkylation sites (N-methyl/N-ethyl adjacent to an activating group) is 1. The highest BCUT2D eigenvalue weighted by atomic mass is 16.2. The first-order valence-corrected chi connectivity index (χ1v) is 9.87. The first-order chi connectivity index (χ1) is 12.6. The van der Waals surface area contributed by atoms with Gasteiger partial charge in [0.2, 0.25) is 0 Å². The average molecular weight is 354 g/mol. The summed E-state index contributed by atoms with van der Waals surface area (Å²) >= 11 is 0. The number of rotatable bonds is 7. The number of benzene rings is 1. The second kappa shape index (κ2) is 8.07. The summed E-state index contributed by atoms with van der Waals surface area (Å²) in [6.07, 6.45) is 11.5. The Labute approximate surface area is 157 Å². The molecular weight excluding hydrogens is 322 g/mol. The Morgan fingerprint density at radius 2 is 1.96 bits per heavy atom. The highest BCUT2D eigenvalue weighted by Crippen LogP contribution is 2.38. The van der Waals surface area contributed by atoms with Crippen LogP contribution in [0, 0.1) is 5.92 Å². The molecule has 3 rings (SSSR count). The van der Waals surface area contributed by atoms with Crippen molar-refractivity contribution in [2.24, 2.45) is 16.6 Å². The van der Waals surface area contributed by atoms with Gasteiger partial charge in [0.1, 0.15) is 5.54 Å². The van der Waals surface area contributed by atoms with E-state index in [0.717, 1.165) is 25.7 Å². The Hall–Kier alpha value is -2.10. The third-order valence-corrected chi connectivity index (χ3v) is 6.02.